The summed E-state index contributed by atoms with van der Waals surface area (Å²) in [6, 6.07) is 4.13. The second-order valence-electron chi connectivity index (χ2n) is 12.0. The molecule has 1 aromatic rings. The zero-order valence-corrected chi connectivity index (χ0v) is 23.0. The SMILES string of the molecule is CCCCCCCCCCCCOC(=O)C(C)Cc1cc(C(C)(C)C)c(O)c(C(C)(C)C)c1. The van der Waals surface area contributed by atoms with Crippen LogP contribution in [0.5, 0.6) is 5.75 Å². The predicted molar refractivity (Wildman–Crippen MR) is 141 cm³/mol. The Labute approximate surface area is 204 Å². The van der Waals surface area contributed by atoms with E-state index < -0.39 is 0 Å². The molecule has 0 heterocycles. The number of carbonyl (C=O) groups is 1. The number of aromatic hydroxyl groups is 1. The van der Waals surface area contributed by atoms with Gasteiger partial charge in [0.1, 0.15) is 5.75 Å². The Hall–Kier alpha value is -1.51. The van der Waals surface area contributed by atoms with Gasteiger partial charge in [-0.3, -0.25) is 4.79 Å². The zero-order chi connectivity index (χ0) is 25.1. The number of phenols is 1. The zero-order valence-electron chi connectivity index (χ0n) is 23.0. The molecule has 1 atom stereocenters. The molecule has 1 unspecified atom stereocenters. The summed E-state index contributed by atoms with van der Waals surface area (Å²) in [5.41, 5.74) is 2.64. The van der Waals surface area contributed by atoms with Gasteiger partial charge in [-0.05, 0) is 40.4 Å². The van der Waals surface area contributed by atoms with E-state index in [1.165, 1.54) is 51.4 Å². The van der Waals surface area contributed by atoms with Crippen LogP contribution in [0.15, 0.2) is 12.1 Å². The lowest BCUT2D eigenvalue weighted by molar-refractivity contribution is -0.148. The van der Waals surface area contributed by atoms with Crippen LogP contribution in [-0.2, 0) is 26.8 Å². The fraction of sp³-hybridized carbons (Fsp3) is 0.767. The topological polar surface area (TPSA) is 46.5 Å². The normalized spacial score (nSPS) is 13.2. The molecule has 0 saturated carbocycles. The molecule has 33 heavy (non-hydrogen) atoms. The molecule has 0 aliphatic carbocycles. The van der Waals surface area contributed by atoms with Gasteiger partial charge >= 0.3 is 5.97 Å². The molecule has 0 saturated heterocycles. The first-order valence-electron chi connectivity index (χ1n) is 13.4. The molecule has 0 spiro atoms. The maximum atomic E-state index is 12.6. The highest BCUT2D eigenvalue weighted by atomic mass is 16.5. The lowest BCUT2D eigenvalue weighted by atomic mass is 9.77. The van der Waals surface area contributed by atoms with E-state index in [2.05, 4.69) is 60.6 Å². The molecular weight excluding hydrogens is 408 g/mol. The maximum Gasteiger partial charge on any atom is 0.308 e. The number of phenolic OH excluding ortho intramolecular Hbond substituents is 1. The summed E-state index contributed by atoms with van der Waals surface area (Å²) in [5, 5.41) is 10.9. The molecule has 0 fully saturated rings. The third kappa shape index (κ3) is 11.0. The van der Waals surface area contributed by atoms with E-state index in [0.717, 1.165) is 29.5 Å². The Balaban J connectivity index is 2.49. The highest BCUT2D eigenvalue weighted by Gasteiger charge is 2.27. The molecular formula is C30H52O3. The van der Waals surface area contributed by atoms with Gasteiger partial charge in [-0.2, -0.15) is 0 Å². The van der Waals surface area contributed by atoms with Crippen LogP contribution in [0.2, 0.25) is 0 Å². The third-order valence-corrected chi connectivity index (χ3v) is 6.47. The van der Waals surface area contributed by atoms with Gasteiger partial charge in [-0.1, -0.05) is 125 Å². The summed E-state index contributed by atoms with van der Waals surface area (Å²) in [6.07, 6.45) is 13.4. The molecule has 0 radical (unpaired) electrons. The van der Waals surface area contributed by atoms with Gasteiger partial charge in [0.15, 0.2) is 0 Å². The smallest absolute Gasteiger partial charge is 0.308 e. The van der Waals surface area contributed by atoms with E-state index in [0.29, 0.717) is 18.8 Å². The van der Waals surface area contributed by atoms with Crippen molar-refractivity contribution in [3.63, 3.8) is 0 Å². The highest BCUT2D eigenvalue weighted by molar-refractivity contribution is 5.72. The van der Waals surface area contributed by atoms with Crippen molar-refractivity contribution >= 4 is 5.97 Å². The van der Waals surface area contributed by atoms with Gasteiger partial charge in [-0.25, -0.2) is 0 Å². The first-order valence-corrected chi connectivity index (χ1v) is 13.4. The monoisotopic (exact) mass is 460 g/mol. The lowest BCUT2D eigenvalue weighted by Crippen LogP contribution is -2.20. The van der Waals surface area contributed by atoms with Gasteiger partial charge in [-0.15, -0.1) is 0 Å². The molecule has 1 rings (SSSR count). The minimum absolute atomic E-state index is 0.117. The Bertz CT molecular complexity index is 671. The third-order valence-electron chi connectivity index (χ3n) is 6.47. The average Bonchev–Trinajstić information content (AvgIpc) is 2.71. The molecule has 0 aliphatic heterocycles. The summed E-state index contributed by atoms with van der Waals surface area (Å²) in [4.78, 5) is 12.6. The molecule has 0 aliphatic rings. The van der Waals surface area contributed by atoms with Crippen molar-refractivity contribution < 1.29 is 14.6 Å². The lowest BCUT2D eigenvalue weighted by Gasteiger charge is -2.28. The average molecular weight is 461 g/mol. The molecule has 0 bridgehead atoms. The molecule has 1 N–H and O–H groups in total. The number of rotatable bonds is 14. The van der Waals surface area contributed by atoms with Crippen LogP contribution in [0.25, 0.3) is 0 Å². The van der Waals surface area contributed by atoms with E-state index in [-0.39, 0.29) is 22.7 Å². The van der Waals surface area contributed by atoms with Gasteiger partial charge in [0.25, 0.3) is 0 Å². The summed E-state index contributed by atoms with van der Waals surface area (Å²) in [7, 11) is 0. The Kier molecular flexibility index (Phi) is 12.5. The highest BCUT2D eigenvalue weighted by Crippen LogP contribution is 2.40. The van der Waals surface area contributed by atoms with Crippen LogP contribution < -0.4 is 0 Å². The van der Waals surface area contributed by atoms with Gasteiger partial charge in [0, 0.05) is 0 Å². The van der Waals surface area contributed by atoms with E-state index in [4.69, 9.17) is 4.74 Å². The second-order valence-corrected chi connectivity index (χ2v) is 12.0. The standard InChI is InChI=1S/C30H52O3/c1-9-10-11-12-13-14-15-16-17-18-19-33-28(32)23(2)20-24-21-25(29(3,4)5)27(31)26(22-24)30(6,7)8/h21-23,31H,9-20H2,1-8H3. The van der Waals surface area contributed by atoms with Gasteiger partial charge in [0.05, 0.1) is 12.5 Å². The van der Waals surface area contributed by atoms with Crippen LogP contribution in [-0.4, -0.2) is 17.7 Å². The number of esters is 1. The van der Waals surface area contributed by atoms with Crippen molar-refractivity contribution in [3.8, 4) is 5.75 Å². The molecule has 1 aromatic carbocycles. The Morgan fingerprint density at radius 1 is 0.818 bits per heavy atom. The van der Waals surface area contributed by atoms with Crippen LogP contribution in [0.1, 0.15) is 136 Å². The first kappa shape index (κ1) is 29.5. The Morgan fingerprint density at radius 3 is 1.67 bits per heavy atom. The first-order chi connectivity index (χ1) is 15.4. The maximum absolute atomic E-state index is 12.6. The summed E-state index contributed by atoms with van der Waals surface area (Å²) in [6.45, 7) is 17.4. The van der Waals surface area contributed by atoms with Crippen molar-refractivity contribution in [2.24, 2.45) is 5.92 Å². The summed E-state index contributed by atoms with van der Waals surface area (Å²) in [5.74, 6) is 0.0712. The second kappa shape index (κ2) is 14.0. The van der Waals surface area contributed by atoms with E-state index in [1.807, 2.05) is 6.92 Å². The quantitative estimate of drug-likeness (QED) is 0.223. The van der Waals surface area contributed by atoms with Crippen molar-refractivity contribution in [1.82, 2.24) is 0 Å². The minimum atomic E-state index is -0.196. The molecule has 190 valence electrons. The molecule has 0 aromatic heterocycles. The number of hydrogen-bond donors (Lipinski definition) is 1. The van der Waals surface area contributed by atoms with E-state index in [9.17, 15) is 9.90 Å². The Morgan fingerprint density at radius 2 is 1.24 bits per heavy atom. The van der Waals surface area contributed by atoms with E-state index in [1.54, 1.807) is 0 Å². The van der Waals surface area contributed by atoms with Crippen molar-refractivity contribution in [1.29, 1.82) is 0 Å². The van der Waals surface area contributed by atoms with Crippen LogP contribution in [0.4, 0.5) is 0 Å². The van der Waals surface area contributed by atoms with Crippen LogP contribution in [0.3, 0.4) is 0 Å². The van der Waals surface area contributed by atoms with E-state index >= 15 is 0 Å². The molecule has 3 heteroatoms. The van der Waals surface area contributed by atoms with Gasteiger partial charge < -0.3 is 9.84 Å². The number of benzene rings is 1. The predicted octanol–water partition coefficient (Wildman–Crippen LogP) is 8.63. The van der Waals surface area contributed by atoms with Gasteiger partial charge in [0.2, 0.25) is 0 Å². The number of carbonyl (C=O) groups excluding carboxylic acids is 1. The van der Waals surface area contributed by atoms with Crippen molar-refractivity contribution in [2.45, 2.75) is 137 Å². The fourth-order valence-electron chi connectivity index (χ4n) is 4.30. The molecule has 0 amide bonds. The minimum Gasteiger partial charge on any atom is -0.507 e. The summed E-state index contributed by atoms with van der Waals surface area (Å²) >= 11 is 0. The molecule has 3 nitrogen and oxygen atoms in total. The number of unbranched alkanes of at least 4 members (excludes halogenated alkanes) is 9. The largest absolute Gasteiger partial charge is 0.507 e. The summed E-state index contributed by atoms with van der Waals surface area (Å²) < 4.78 is 5.58. The van der Waals surface area contributed by atoms with Crippen LogP contribution >= 0.6 is 0 Å². The number of ether oxygens (including phenoxy) is 1. The van der Waals surface area contributed by atoms with Crippen molar-refractivity contribution in [2.75, 3.05) is 6.61 Å². The number of hydrogen-bond acceptors (Lipinski definition) is 3. The van der Waals surface area contributed by atoms with Crippen molar-refractivity contribution in [3.05, 3.63) is 28.8 Å². The fourth-order valence-corrected chi connectivity index (χ4v) is 4.30. The van der Waals surface area contributed by atoms with Crippen LogP contribution in [0, 0.1) is 5.92 Å².